The van der Waals surface area contributed by atoms with E-state index in [1.54, 1.807) is 12.1 Å². The van der Waals surface area contributed by atoms with Gasteiger partial charge in [0.1, 0.15) is 12.4 Å². The van der Waals surface area contributed by atoms with E-state index in [1.165, 1.54) is 24.3 Å². The number of nitrogens with one attached hydrogen (secondary N) is 1. The first-order chi connectivity index (χ1) is 15.7. The van der Waals surface area contributed by atoms with Crippen LogP contribution in [0.2, 0.25) is 5.02 Å². The fourth-order valence-electron chi connectivity index (χ4n) is 2.98. The Balaban J connectivity index is 1.78. The SMILES string of the molecule is CCOc1cc(/C=C2/SC(=O)N(CC(=O)Nc3cccc(F)c3)C2=O)cc(Cl)c1OC(C)C. The zero-order valence-corrected chi connectivity index (χ0v) is 19.8. The Morgan fingerprint density at radius 3 is 2.70 bits per heavy atom. The lowest BCUT2D eigenvalue weighted by molar-refractivity contribution is -0.127. The molecule has 10 heteroatoms. The zero-order chi connectivity index (χ0) is 24.1. The highest BCUT2D eigenvalue weighted by Gasteiger charge is 2.36. The molecule has 2 aromatic rings. The molecule has 1 heterocycles. The van der Waals surface area contributed by atoms with Gasteiger partial charge < -0.3 is 14.8 Å². The molecule has 1 N–H and O–H groups in total. The monoisotopic (exact) mass is 492 g/mol. The number of nitrogens with zero attached hydrogens (tertiary/aromatic N) is 1. The largest absolute Gasteiger partial charge is 0.490 e. The van der Waals surface area contributed by atoms with Gasteiger partial charge in [-0.1, -0.05) is 17.7 Å². The van der Waals surface area contributed by atoms with Gasteiger partial charge in [-0.2, -0.15) is 0 Å². The number of halogens is 2. The topological polar surface area (TPSA) is 84.9 Å². The highest BCUT2D eigenvalue weighted by molar-refractivity contribution is 8.18. The Kier molecular flexibility index (Phi) is 7.99. The van der Waals surface area contributed by atoms with E-state index >= 15 is 0 Å². The summed E-state index contributed by atoms with van der Waals surface area (Å²) >= 11 is 7.08. The van der Waals surface area contributed by atoms with E-state index in [9.17, 15) is 18.8 Å². The minimum atomic E-state index is -0.624. The third kappa shape index (κ3) is 6.27. The van der Waals surface area contributed by atoms with E-state index in [0.29, 0.717) is 40.5 Å². The predicted octanol–water partition coefficient (Wildman–Crippen LogP) is 5.34. The van der Waals surface area contributed by atoms with Crippen molar-refractivity contribution in [2.45, 2.75) is 26.9 Å². The van der Waals surface area contributed by atoms with Crippen LogP contribution in [-0.4, -0.2) is 41.2 Å². The molecule has 0 saturated carbocycles. The lowest BCUT2D eigenvalue weighted by Crippen LogP contribution is -2.36. The molecule has 1 aliphatic rings. The van der Waals surface area contributed by atoms with Crippen molar-refractivity contribution in [3.05, 3.63) is 57.7 Å². The molecule has 3 rings (SSSR count). The molecular formula is C23H22ClFN2O5S. The highest BCUT2D eigenvalue weighted by atomic mass is 35.5. The summed E-state index contributed by atoms with van der Waals surface area (Å²) in [5.41, 5.74) is 0.763. The van der Waals surface area contributed by atoms with Crippen LogP contribution in [0.4, 0.5) is 14.9 Å². The maximum atomic E-state index is 13.3. The maximum absolute atomic E-state index is 13.3. The molecule has 3 amide bonds. The van der Waals surface area contributed by atoms with E-state index in [2.05, 4.69) is 5.32 Å². The molecule has 1 saturated heterocycles. The summed E-state index contributed by atoms with van der Waals surface area (Å²) in [7, 11) is 0. The molecule has 0 atom stereocenters. The van der Waals surface area contributed by atoms with Gasteiger partial charge in [-0.15, -0.1) is 0 Å². The van der Waals surface area contributed by atoms with Crippen LogP contribution in [0.1, 0.15) is 26.3 Å². The molecule has 1 aliphatic heterocycles. The van der Waals surface area contributed by atoms with Crippen LogP contribution in [-0.2, 0) is 9.59 Å². The van der Waals surface area contributed by atoms with Crippen LogP contribution in [0.25, 0.3) is 6.08 Å². The van der Waals surface area contributed by atoms with Gasteiger partial charge in [0.25, 0.3) is 11.1 Å². The Hall–Kier alpha value is -3.04. The van der Waals surface area contributed by atoms with E-state index in [0.717, 1.165) is 11.0 Å². The third-order valence-electron chi connectivity index (χ3n) is 4.27. The van der Waals surface area contributed by atoms with Crippen LogP contribution in [0.15, 0.2) is 41.3 Å². The van der Waals surface area contributed by atoms with E-state index in [-0.39, 0.29) is 16.7 Å². The third-order valence-corrected chi connectivity index (χ3v) is 5.45. The molecule has 0 radical (unpaired) electrons. The van der Waals surface area contributed by atoms with Crippen molar-refractivity contribution >= 4 is 52.2 Å². The summed E-state index contributed by atoms with van der Waals surface area (Å²) in [4.78, 5) is 38.3. The second-order valence-electron chi connectivity index (χ2n) is 7.26. The van der Waals surface area contributed by atoms with Gasteiger partial charge in [-0.3, -0.25) is 19.3 Å². The number of ether oxygens (including phenoxy) is 2. The van der Waals surface area contributed by atoms with Crippen LogP contribution < -0.4 is 14.8 Å². The van der Waals surface area contributed by atoms with E-state index in [1.807, 2.05) is 20.8 Å². The number of carbonyl (C=O) groups is 3. The van der Waals surface area contributed by atoms with Gasteiger partial charge in [0.05, 0.1) is 22.6 Å². The van der Waals surface area contributed by atoms with Gasteiger partial charge in [0.2, 0.25) is 5.91 Å². The summed E-state index contributed by atoms with van der Waals surface area (Å²) < 4.78 is 24.6. The summed E-state index contributed by atoms with van der Waals surface area (Å²) in [6.07, 6.45) is 1.38. The molecule has 0 aliphatic carbocycles. The van der Waals surface area contributed by atoms with Crippen molar-refractivity contribution in [2.24, 2.45) is 0 Å². The van der Waals surface area contributed by atoms with Crippen molar-refractivity contribution < 1.29 is 28.2 Å². The first kappa shape index (κ1) is 24.6. The Morgan fingerprint density at radius 2 is 2.03 bits per heavy atom. The molecule has 0 aromatic heterocycles. The average Bonchev–Trinajstić information content (AvgIpc) is 2.98. The number of rotatable bonds is 8. The molecule has 0 bridgehead atoms. The van der Waals surface area contributed by atoms with Crippen LogP contribution in [0.3, 0.4) is 0 Å². The zero-order valence-electron chi connectivity index (χ0n) is 18.2. The minimum Gasteiger partial charge on any atom is -0.490 e. The Morgan fingerprint density at radius 1 is 1.27 bits per heavy atom. The lowest BCUT2D eigenvalue weighted by atomic mass is 10.1. The van der Waals surface area contributed by atoms with Crippen LogP contribution in [0.5, 0.6) is 11.5 Å². The standard InChI is InChI=1S/C23H22ClFN2O5S/c1-4-31-18-9-14(8-17(24)21(18)32-13(2)3)10-19-22(29)27(23(30)33-19)12-20(28)26-16-7-5-6-15(25)11-16/h5-11,13H,4,12H2,1-3H3,(H,26,28)/b19-10+. The van der Waals surface area contributed by atoms with Crippen molar-refractivity contribution in [1.82, 2.24) is 4.90 Å². The maximum Gasteiger partial charge on any atom is 0.294 e. The molecular weight excluding hydrogens is 471 g/mol. The summed E-state index contributed by atoms with van der Waals surface area (Å²) in [5, 5.41) is 2.18. The summed E-state index contributed by atoms with van der Waals surface area (Å²) in [6.45, 7) is 5.43. The molecule has 33 heavy (non-hydrogen) atoms. The fourth-order valence-corrected chi connectivity index (χ4v) is 4.08. The summed E-state index contributed by atoms with van der Waals surface area (Å²) in [5.74, 6) is -0.944. The number of imide groups is 1. The second kappa shape index (κ2) is 10.7. The van der Waals surface area contributed by atoms with Crippen molar-refractivity contribution in [2.75, 3.05) is 18.5 Å². The smallest absolute Gasteiger partial charge is 0.294 e. The van der Waals surface area contributed by atoms with Gasteiger partial charge >= 0.3 is 0 Å². The van der Waals surface area contributed by atoms with Crippen molar-refractivity contribution in [1.29, 1.82) is 0 Å². The van der Waals surface area contributed by atoms with Gasteiger partial charge in [-0.25, -0.2) is 4.39 Å². The van der Waals surface area contributed by atoms with Gasteiger partial charge in [-0.05, 0) is 74.5 Å². The number of benzene rings is 2. The van der Waals surface area contributed by atoms with Crippen LogP contribution >= 0.6 is 23.4 Å². The quantitative estimate of drug-likeness (QED) is 0.501. The van der Waals surface area contributed by atoms with Crippen molar-refractivity contribution in [3.8, 4) is 11.5 Å². The molecule has 1 fully saturated rings. The lowest BCUT2D eigenvalue weighted by Gasteiger charge is -2.16. The van der Waals surface area contributed by atoms with E-state index in [4.69, 9.17) is 21.1 Å². The Bertz CT molecular complexity index is 1120. The molecule has 174 valence electrons. The number of hydrogen-bond donors (Lipinski definition) is 1. The second-order valence-corrected chi connectivity index (χ2v) is 8.66. The molecule has 0 spiro atoms. The molecule has 0 unspecified atom stereocenters. The molecule has 2 aromatic carbocycles. The molecule has 7 nitrogen and oxygen atoms in total. The van der Waals surface area contributed by atoms with Crippen LogP contribution in [0, 0.1) is 5.82 Å². The van der Waals surface area contributed by atoms with Crippen molar-refractivity contribution in [3.63, 3.8) is 0 Å². The van der Waals surface area contributed by atoms with E-state index < -0.39 is 29.4 Å². The number of anilines is 1. The minimum absolute atomic E-state index is 0.123. The number of carbonyl (C=O) groups excluding carboxylic acids is 3. The van der Waals surface area contributed by atoms with Gasteiger partial charge in [0, 0.05) is 5.69 Å². The fraction of sp³-hybridized carbons (Fsp3) is 0.261. The average molecular weight is 493 g/mol. The predicted molar refractivity (Wildman–Crippen MR) is 126 cm³/mol. The first-order valence-corrected chi connectivity index (χ1v) is 11.3. The first-order valence-electron chi connectivity index (χ1n) is 10.1. The Labute approximate surface area is 199 Å². The highest BCUT2D eigenvalue weighted by Crippen LogP contribution is 2.39. The van der Waals surface area contributed by atoms with Gasteiger partial charge in [0.15, 0.2) is 11.5 Å². The normalized spacial score (nSPS) is 14.8. The number of amides is 3. The summed E-state index contributed by atoms with van der Waals surface area (Å²) in [6, 6.07) is 8.58. The number of thioether (sulfide) groups is 1. The number of hydrogen-bond acceptors (Lipinski definition) is 6.